The summed E-state index contributed by atoms with van der Waals surface area (Å²) in [4.78, 5) is 48.6. The molecule has 1 rings (SSSR count). The monoisotopic (exact) mass is 383 g/mol. The first-order valence-electron chi connectivity index (χ1n) is 9.54. The van der Waals surface area contributed by atoms with E-state index in [4.69, 9.17) is 5.73 Å². The summed E-state index contributed by atoms with van der Waals surface area (Å²) in [6, 6.07) is -1.56. The van der Waals surface area contributed by atoms with Crippen LogP contribution in [0.2, 0.25) is 0 Å². The van der Waals surface area contributed by atoms with Crippen molar-refractivity contribution in [1.82, 2.24) is 21.3 Å². The number of carbonyl (C=O) groups is 4. The van der Waals surface area contributed by atoms with Crippen LogP contribution in [0.25, 0.3) is 0 Å². The van der Waals surface area contributed by atoms with Crippen molar-refractivity contribution in [1.29, 1.82) is 0 Å². The number of urea groups is 1. The van der Waals surface area contributed by atoms with Gasteiger partial charge in [0.25, 0.3) is 0 Å². The number of hydrogen-bond acceptors (Lipinski definition) is 4. The number of carbonyl (C=O) groups excluding carboxylic acids is 4. The number of nitrogens with one attached hydrogen (secondary N) is 4. The van der Waals surface area contributed by atoms with E-state index in [0.29, 0.717) is 32.2 Å². The number of nitrogens with two attached hydrogens (primary N) is 1. The van der Waals surface area contributed by atoms with E-state index in [0.717, 1.165) is 6.42 Å². The topological polar surface area (TPSA) is 142 Å². The maximum absolute atomic E-state index is 12.9. The summed E-state index contributed by atoms with van der Waals surface area (Å²) >= 11 is 0. The molecule has 1 atom stereocenters. The molecule has 6 N–H and O–H groups in total. The Morgan fingerprint density at radius 2 is 1.48 bits per heavy atom. The van der Waals surface area contributed by atoms with E-state index in [2.05, 4.69) is 21.3 Å². The Labute approximate surface area is 160 Å². The second kappa shape index (κ2) is 10.1. The van der Waals surface area contributed by atoms with Crippen molar-refractivity contribution in [2.24, 2.45) is 11.1 Å². The van der Waals surface area contributed by atoms with E-state index in [1.165, 1.54) is 0 Å². The number of amides is 5. The van der Waals surface area contributed by atoms with E-state index in [1.807, 2.05) is 27.7 Å². The molecule has 1 aliphatic carbocycles. The lowest BCUT2D eigenvalue weighted by Gasteiger charge is -2.40. The molecule has 9 nitrogen and oxygen atoms in total. The summed E-state index contributed by atoms with van der Waals surface area (Å²) in [5, 5.41) is 10.8. The fraction of sp³-hybridized carbons (Fsp3) is 0.778. The first-order valence-corrected chi connectivity index (χ1v) is 9.54. The van der Waals surface area contributed by atoms with Gasteiger partial charge in [-0.15, -0.1) is 0 Å². The fourth-order valence-corrected chi connectivity index (χ4v) is 2.96. The second-order valence-electron chi connectivity index (χ2n) is 7.69. The summed E-state index contributed by atoms with van der Waals surface area (Å²) in [5.41, 5.74) is 3.92. The Morgan fingerprint density at radius 1 is 0.926 bits per heavy atom. The minimum absolute atomic E-state index is 0.0670. The van der Waals surface area contributed by atoms with Crippen LogP contribution in [0, 0.1) is 5.41 Å². The summed E-state index contributed by atoms with van der Waals surface area (Å²) in [5.74, 6) is -1.02. The molecular weight excluding hydrogens is 350 g/mol. The lowest BCUT2D eigenvalue weighted by Crippen LogP contribution is -2.60. The van der Waals surface area contributed by atoms with Crippen molar-refractivity contribution in [3.63, 3.8) is 0 Å². The van der Waals surface area contributed by atoms with Gasteiger partial charge in [-0.25, -0.2) is 4.79 Å². The van der Waals surface area contributed by atoms with Gasteiger partial charge >= 0.3 is 6.03 Å². The molecule has 0 unspecified atom stereocenters. The molecule has 9 heteroatoms. The smallest absolute Gasteiger partial charge is 0.312 e. The van der Waals surface area contributed by atoms with E-state index >= 15 is 0 Å². The van der Waals surface area contributed by atoms with Gasteiger partial charge in [0.1, 0.15) is 11.5 Å². The predicted molar refractivity (Wildman–Crippen MR) is 102 cm³/mol. The summed E-state index contributed by atoms with van der Waals surface area (Å²) < 4.78 is 0. The Morgan fingerprint density at radius 3 is 1.93 bits per heavy atom. The molecule has 0 saturated heterocycles. The molecule has 1 fully saturated rings. The van der Waals surface area contributed by atoms with Crippen LogP contribution in [0.3, 0.4) is 0 Å². The predicted octanol–water partition coefficient (Wildman–Crippen LogP) is 0.139. The zero-order chi connectivity index (χ0) is 20.6. The lowest BCUT2D eigenvalue weighted by molar-refractivity contribution is -0.151. The molecule has 0 heterocycles. The molecule has 0 bridgehead atoms. The van der Waals surface area contributed by atoms with Crippen LogP contribution >= 0.6 is 0 Å². The third kappa shape index (κ3) is 6.73. The lowest BCUT2D eigenvalue weighted by atomic mass is 9.67. The molecule has 1 aliphatic rings. The molecule has 0 aliphatic heterocycles. The summed E-state index contributed by atoms with van der Waals surface area (Å²) in [6.45, 7) is 7.64. The van der Waals surface area contributed by atoms with Gasteiger partial charge in [0.2, 0.25) is 17.7 Å². The molecule has 0 aromatic rings. The van der Waals surface area contributed by atoms with Crippen LogP contribution < -0.4 is 27.0 Å². The van der Waals surface area contributed by atoms with Gasteiger partial charge in [-0.3, -0.25) is 14.4 Å². The average Bonchev–Trinajstić information content (AvgIpc) is 2.47. The Bertz CT molecular complexity index is 558. The second-order valence-corrected chi connectivity index (χ2v) is 7.69. The van der Waals surface area contributed by atoms with Crippen LogP contribution in [0.15, 0.2) is 0 Å². The quantitative estimate of drug-likeness (QED) is 0.270. The molecule has 0 radical (unpaired) electrons. The minimum Gasteiger partial charge on any atom is -0.353 e. The summed E-state index contributed by atoms with van der Waals surface area (Å²) in [7, 11) is 0. The van der Waals surface area contributed by atoms with Crippen molar-refractivity contribution in [3.8, 4) is 0 Å². The first-order chi connectivity index (χ1) is 12.6. The van der Waals surface area contributed by atoms with Crippen LogP contribution in [0.1, 0.15) is 59.8 Å². The summed E-state index contributed by atoms with van der Waals surface area (Å²) in [6.07, 6.45) is 2.53. The van der Waals surface area contributed by atoms with Gasteiger partial charge < -0.3 is 27.0 Å². The van der Waals surface area contributed by atoms with E-state index in [1.54, 1.807) is 0 Å². The SMILES string of the molecule is CC(C)NC(=O)[C@H](CCCNC(N)=O)NC(=O)C1(C(=O)NC(C)C)CCC1. The highest BCUT2D eigenvalue weighted by Crippen LogP contribution is 2.41. The molecule has 154 valence electrons. The van der Waals surface area contributed by atoms with E-state index in [-0.39, 0.29) is 23.9 Å². The maximum atomic E-state index is 12.9. The number of primary amides is 1. The van der Waals surface area contributed by atoms with Crippen molar-refractivity contribution in [2.75, 3.05) is 6.54 Å². The molecule has 1 saturated carbocycles. The van der Waals surface area contributed by atoms with Gasteiger partial charge in [0.15, 0.2) is 0 Å². The largest absolute Gasteiger partial charge is 0.353 e. The van der Waals surface area contributed by atoms with E-state index < -0.39 is 23.4 Å². The van der Waals surface area contributed by atoms with Crippen molar-refractivity contribution in [3.05, 3.63) is 0 Å². The average molecular weight is 383 g/mol. The van der Waals surface area contributed by atoms with Crippen molar-refractivity contribution >= 4 is 23.8 Å². The Balaban J connectivity index is 2.79. The van der Waals surface area contributed by atoms with Crippen molar-refractivity contribution < 1.29 is 19.2 Å². The van der Waals surface area contributed by atoms with E-state index in [9.17, 15) is 19.2 Å². The number of hydrogen-bond donors (Lipinski definition) is 5. The van der Waals surface area contributed by atoms with Gasteiger partial charge in [-0.1, -0.05) is 6.42 Å². The maximum Gasteiger partial charge on any atom is 0.312 e. The molecule has 0 aromatic carbocycles. The highest BCUT2D eigenvalue weighted by atomic mass is 16.2. The van der Waals surface area contributed by atoms with Gasteiger partial charge in [0.05, 0.1) is 0 Å². The molecule has 27 heavy (non-hydrogen) atoms. The van der Waals surface area contributed by atoms with Gasteiger partial charge in [0, 0.05) is 18.6 Å². The third-order valence-electron chi connectivity index (χ3n) is 4.52. The third-order valence-corrected chi connectivity index (χ3v) is 4.52. The zero-order valence-electron chi connectivity index (χ0n) is 16.7. The minimum atomic E-state index is -1.11. The van der Waals surface area contributed by atoms with Crippen LogP contribution in [-0.4, -0.2) is 48.4 Å². The van der Waals surface area contributed by atoms with Crippen LogP contribution in [0.4, 0.5) is 4.79 Å². The fourth-order valence-electron chi connectivity index (χ4n) is 2.96. The van der Waals surface area contributed by atoms with Crippen LogP contribution in [0.5, 0.6) is 0 Å². The number of rotatable bonds is 10. The molecule has 5 amide bonds. The zero-order valence-corrected chi connectivity index (χ0v) is 16.7. The van der Waals surface area contributed by atoms with Gasteiger partial charge in [-0.2, -0.15) is 0 Å². The molecule has 0 spiro atoms. The Kier molecular flexibility index (Phi) is 8.52. The molecule has 0 aromatic heterocycles. The highest BCUT2D eigenvalue weighted by Gasteiger charge is 2.51. The first kappa shape index (κ1) is 22.7. The normalized spacial score (nSPS) is 16.2. The van der Waals surface area contributed by atoms with Gasteiger partial charge in [-0.05, 0) is 53.4 Å². The van der Waals surface area contributed by atoms with Crippen LogP contribution in [-0.2, 0) is 14.4 Å². The van der Waals surface area contributed by atoms with Crippen molar-refractivity contribution in [2.45, 2.75) is 77.9 Å². The standard InChI is InChI=1S/C18H33N5O4/c1-11(2)21-14(24)13(7-5-10-20-17(19)27)23-16(26)18(8-6-9-18)15(25)22-12(3)4/h11-13H,5-10H2,1-4H3,(H,21,24)(H,22,25)(H,23,26)(H3,19,20,27)/t13-/m0/s1. The Hall–Kier alpha value is -2.32. The molecular formula is C18H33N5O4. The highest BCUT2D eigenvalue weighted by molar-refractivity contribution is 6.07.